The molecule has 0 saturated carbocycles. The Bertz CT molecular complexity index is 358. The quantitative estimate of drug-likeness (QED) is 0.735. The average Bonchev–Trinajstić information content (AvgIpc) is 2.29. The molecule has 0 bridgehead atoms. The van der Waals surface area contributed by atoms with E-state index >= 15 is 0 Å². The lowest BCUT2D eigenvalue weighted by Gasteiger charge is -2.08. The van der Waals surface area contributed by atoms with Gasteiger partial charge in [0.1, 0.15) is 24.2 Å². The zero-order chi connectivity index (χ0) is 11.1. The highest BCUT2D eigenvalue weighted by Gasteiger charge is 2.04. The minimum absolute atomic E-state index is 0.520. The molecular formula is C11H14N2O2. The molecule has 0 atom stereocenters. The Morgan fingerprint density at radius 2 is 2.27 bits per heavy atom. The molecule has 0 aliphatic carbocycles. The van der Waals surface area contributed by atoms with Crippen molar-refractivity contribution in [1.29, 1.82) is 5.26 Å². The molecule has 0 spiro atoms. The first-order valence-corrected chi connectivity index (χ1v) is 4.67. The summed E-state index contributed by atoms with van der Waals surface area (Å²) in [6.07, 6.45) is 0. The second kappa shape index (κ2) is 5.89. The highest BCUT2D eigenvalue weighted by molar-refractivity contribution is 5.47. The maximum absolute atomic E-state index is 8.85. The fourth-order valence-corrected chi connectivity index (χ4v) is 1.10. The molecule has 0 unspecified atom stereocenters. The van der Waals surface area contributed by atoms with Crippen LogP contribution in [0.25, 0.3) is 0 Å². The molecule has 0 aromatic heterocycles. The smallest absolute Gasteiger partial charge is 0.140 e. The van der Waals surface area contributed by atoms with Crippen LogP contribution in [-0.4, -0.2) is 27.3 Å². The molecule has 0 amide bonds. The van der Waals surface area contributed by atoms with Gasteiger partial charge in [-0.2, -0.15) is 5.26 Å². The molecule has 1 N–H and O–H groups in total. The Morgan fingerprint density at radius 3 is 2.87 bits per heavy atom. The molecule has 80 valence electrons. The van der Waals surface area contributed by atoms with Gasteiger partial charge in [0.15, 0.2) is 0 Å². The molecule has 0 heterocycles. The van der Waals surface area contributed by atoms with E-state index in [1.54, 1.807) is 25.3 Å². The normalized spacial score (nSPS) is 9.40. The number of hydrogen-bond acceptors (Lipinski definition) is 4. The summed E-state index contributed by atoms with van der Waals surface area (Å²) < 4.78 is 10.5. The van der Waals surface area contributed by atoms with Crippen LogP contribution in [-0.2, 0) is 0 Å². The van der Waals surface area contributed by atoms with E-state index < -0.39 is 0 Å². The molecule has 0 radical (unpaired) electrons. The van der Waals surface area contributed by atoms with Crippen molar-refractivity contribution in [3.63, 3.8) is 0 Å². The fourth-order valence-electron chi connectivity index (χ4n) is 1.10. The number of nitrogens with zero attached hydrogens (tertiary/aromatic N) is 1. The lowest BCUT2D eigenvalue weighted by molar-refractivity contribution is 0.314. The summed E-state index contributed by atoms with van der Waals surface area (Å²) in [5.41, 5.74) is 0.520. The van der Waals surface area contributed by atoms with Crippen molar-refractivity contribution in [1.82, 2.24) is 5.32 Å². The van der Waals surface area contributed by atoms with E-state index in [-0.39, 0.29) is 0 Å². The number of hydrogen-bond donors (Lipinski definition) is 1. The second-order valence-corrected chi connectivity index (χ2v) is 2.93. The number of methoxy groups -OCH3 is 1. The van der Waals surface area contributed by atoms with Crippen molar-refractivity contribution in [3.8, 4) is 17.6 Å². The predicted octanol–water partition coefficient (Wildman–Crippen LogP) is 1.17. The van der Waals surface area contributed by atoms with Gasteiger partial charge in [-0.1, -0.05) is 0 Å². The molecule has 0 saturated heterocycles. The van der Waals surface area contributed by atoms with Crippen molar-refractivity contribution in [2.45, 2.75) is 0 Å². The van der Waals surface area contributed by atoms with Gasteiger partial charge in [-0.25, -0.2) is 0 Å². The van der Waals surface area contributed by atoms with Crippen LogP contribution < -0.4 is 14.8 Å². The summed E-state index contributed by atoms with van der Waals surface area (Å²) in [5, 5.41) is 11.8. The Balaban J connectivity index is 2.78. The van der Waals surface area contributed by atoms with Crippen LogP contribution in [0, 0.1) is 11.3 Å². The fraction of sp³-hybridized carbons (Fsp3) is 0.364. The molecule has 4 nitrogen and oxygen atoms in total. The number of nitrogens with one attached hydrogen (secondary N) is 1. The topological polar surface area (TPSA) is 54.3 Å². The van der Waals surface area contributed by atoms with Crippen molar-refractivity contribution in [2.75, 3.05) is 27.3 Å². The Labute approximate surface area is 89.4 Å². The number of rotatable bonds is 5. The summed E-state index contributed by atoms with van der Waals surface area (Å²) in [6.45, 7) is 1.26. The monoisotopic (exact) mass is 206 g/mol. The Hall–Kier alpha value is -1.73. The molecule has 0 aliphatic rings. The van der Waals surface area contributed by atoms with Gasteiger partial charge in [0.2, 0.25) is 0 Å². The van der Waals surface area contributed by atoms with Gasteiger partial charge in [-0.3, -0.25) is 0 Å². The van der Waals surface area contributed by atoms with E-state index in [1.165, 1.54) is 0 Å². The first-order chi connectivity index (χ1) is 7.31. The number of likely N-dealkylation sites (N-methyl/N-ethyl adjacent to an activating group) is 1. The highest BCUT2D eigenvalue weighted by atomic mass is 16.5. The van der Waals surface area contributed by atoms with E-state index in [4.69, 9.17) is 14.7 Å². The van der Waals surface area contributed by atoms with Crippen LogP contribution in [0.2, 0.25) is 0 Å². The third-order valence-electron chi connectivity index (χ3n) is 1.92. The van der Waals surface area contributed by atoms with Gasteiger partial charge in [0, 0.05) is 12.6 Å². The van der Waals surface area contributed by atoms with Gasteiger partial charge < -0.3 is 14.8 Å². The molecule has 1 aromatic rings. The molecular weight excluding hydrogens is 192 g/mol. The summed E-state index contributed by atoms with van der Waals surface area (Å²) in [6, 6.07) is 7.22. The van der Waals surface area contributed by atoms with E-state index in [1.807, 2.05) is 7.05 Å². The molecule has 15 heavy (non-hydrogen) atoms. The van der Waals surface area contributed by atoms with Gasteiger partial charge in [0.05, 0.1) is 12.7 Å². The number of nitriles is 1. The predicted molar refractivity (Wildman–Crippen MR) is 57.1 cm³/mol. The first kappa shape index (κ1) is 11.3. The molecule has 1 rings (SSSR count). The van der Waals surface area contributed by atoms with Gasteiger partial charge in [-0.05, 0) is 19.2 Å². The number of benzene rings is 1. The minimum Gasteiger partial charge on any atom is -0.497 e. The maximum Gasteiger partial charge on any atom is 0.140 e. The van der Waals surface area contributed by atoms with Crippen LogP contribution in [0.15, 0.2) is 18.2 Å². The van der Waals surface area contributed by atoms with E-state index in [0.717, 1.165) is 6.54 Å². The Kier molecular flexibility index (Phi) is 4.45. The standard InChI is InChI=1S/C11H14N2O2/c1-13-5-6-15-11-7-10(14-2)4-3-9(11)8-12/h3-4,7,13H,5-6H2,1-2H3. The highest BCUT2D eigenvalue weighted by Crippen LogP contribution is 2.23. The van der Waals surface area contributed by atoms with Crippen molar-refractivity contribution < 1.29 is 9.47 Å². The second-order valence-electron chi connectivity index (χ2n) is 2.93. The van der Waals surface area contributed by atoms with Gasteiger partial charge in [-0.15, -0.1) is 0 Å². The van der Waals surface area contributed by atoms with Crippen molar-refractivity contribution in [2.24, 2.45) is 0 Å². The number of ether oxygens (including phenoxy) is 2. The summed E-state index contributed by atoms with van der Waals surface area (Å²) in [4.78, 5) is 0. The zero-order valence-electron chi connectivity index (χ0n) is 8.91. The summed E-state index contributed by atoms with van der Waals surface area (Å²) in [7, 11) is 3.43. The molecule has 0 aliphatic heterocycles. The molecule has 0 fully saturated rings. The Morgan fingerprint density at radius 1 is 1.47 bits per heavy atom. The SMILES string of the molecule is CNCCOc1cc(OC)ccc1C#N. The average molecular weight is 206 g/mol. The lowest BCUT2D eigenvalue weighted by atomic mass is 10.2. The third-order valence-corrected chi connectivity index (χ3v) is 1.92. The van der Waals surface area contributed by atoms with Crippen LogP contribution in [0.3, 0.4) is 0 Å². The lowest BCUT2D eigenvalue weighted by Crippen LogP contribution is -2.16. The zero-order valence-corrected chi connectivity index (χ0v) is 8.91. The van der Waals surface area contributed by atoms with Crippen molar-refractivity contribution in [3.05, 3.63) is 23.8 Å². The van der Waals surface area contributed by atoms with Crippen molar-refractivity contribution >= 4 is 0 Å². The largest absolute Gasteiger partial charge is 0.497 e. The van der Waals surface area contributed by atoms with E-state index in [9.17, 15) is 0 Å². The maximum atomic E-state index is 8.85. The van der Waals surface area contributed by atoms with E-state index in [0.29, 0.717) is 23.7 Å². The summed E-state index contributed by atoms with van der Waals surface area (Å²) in [5.74, 6) is 1.25. The van der Waals surface area contributed by atoms with E-state index in [2.05, 4.69) is 11.4 Å². The minimum atomic E-state index is 0.520. The van der Waals surface area contributed by atoms with Crippen LogP contribution in [0.4, 0.5) is 0 Å². The summed E-state index contributed by atoms with van der Waals surface area (Å²) >= 11 is 0. The van der Waals surface area contributed by atoms with Gasteiger partial charge >= 0.3 is 0 Å². The molecule has 1 aromatic carbocycles. The van der Waals surface area contributed by atoms with Crippen LogP contribution in [0.1, 0.15) is 5.56 Å². The van der Waals surface area contributed by atoms with Gasteiger partial charge in [0.25, 0.3) is 0 Å². The third kappa shape index (κ3) is 3.15. The first-order valence-electron chi connectivity index (χ1n) is 4.67. The molecule has 4 heteroatoms. The van der Waals surface area contributed by atoms with Crippen LogP contribution >= 0.6 is 0 Å². The van der Waals surface area contributed by atoms with Crippen LogP contribution in [0.5, 0.6) is 11.5 Å².